The van der Waals surface area contributed by atoms with Gasteiger partial charge in [0.15, 0.2) is 0 Å². The van der Waals surface area contributed by atoms with E-state index in [0.29, 0.717) is 11.3 Å². The zero-order valence-corrected chi connectivity index (χ0v) is 15.7. The van der Waals surface area contributed by atoms with Crippen LogP contribution in [0.2, 0.25) is 0 Å². The van der Waals surface area contributed by atoms with E-state index in [2.05, 4.69) is 9.88 Å². The second-order valence-electron chi connectivity index (χ2n) is 6.94. The summed E-state index contributed by atoms with van der Waals surface area (Å²) in [7, 11) is 0. The van der Waals surface area contributed by atoms with Crippen molar-refractivity contribution in [2.45, 2.75) is 45.5 Å². The van der Waals surface area contributed by atoms with Crippen molar-refractivity contribution in [3.8, 4) is 5.69 Å². The molecule has 0 aliphatic carbocycles. The lowest BCUT2D eigenvalue weighted by atomic mass is 10.2. The number of nitrogens with zero attached hydrogens (tertiary/aromatic N) is 2. The fourth-order valence-electron chi connectivity index (χ4n) is 3.73. The Morgan fingerprint density at radius 3 is 2.50 bits per heavy atom. The average Bonchev–Trinajstić information content (AvgIpc) is 3.23. The van der Waals surface area contributed by atoms with Gasteiger partial charge in [0.2, 0.25) is 5.91 Å². The number of nitrogens with one attached hydrogen (secondary N) is 1. The molecule has 0 saturated carbocycles. The SMILES string of the molecule is Cc1cc(CNC(=O)C2CCCN2C(=O)C(F)(F)F)c(C)n1-c1ccccc1. The van der Waals surface area contributed by atoms with Crippen LogP contribution in [0.25, 0.3) is 5.69 Å². The average molecular weight is 393 g/mol. The van der Waals surface area contributed by atoms with Crippen LogP contribution in [0.3, 0.4) is 0 Å². The molecule has 1 aromatic carbocycles. The highest BCUT2D eigenvalue weighted by atomic mass is 19.4. The number of amides is 2. The molecule has 0 radical (unpaired) electrons. The molecule has 1 fully saturated rings. The molecule has 1 aliphatic heterocycles. The molecule has 1 aromatic heterocycles. The minimum absolute atomic E-state index is 0.0566. The van der Waals surface area contributed by atoms with Crippen LogP contribution in [0.4, 0.5) is 13.2 Å². The summed E-state index contributed by atoms with van der Waals surface area (Å²) in [5.74, 6) is -2.51. The first-order valence-corrected chi connectivity index (χ1v) is 9.09. The molecule has 2 amide bonds. The minimum atomic E-state index is -4.97. The molecule has 1 unspecified atom stereocenters. The summed E-state index contributed by atoms with van der Waals surface area (Å²) >= 11 is 0. The Bertz CT molecular complexity index is 875. The lowest BCUT2D eigenvalue weighted by molar-refractivity contribution is -0.186. The van der Waals surface area contributed by atoms with Gasteiger partial charge in [0, 0.05) is 30.2 Å². The minimum Gasteiger partial charge on any atom is -0.350 e. The van der Waals surface area contributed by atoms with Gasteiger partial charge in [-0.25, -0.2) is 0 Å². The van der Waals surface area contributed by atoms with E-state index in [4.69, 9.17) is 0 Å². The highest BCUT2D eigenvalue weighted by molar-refractivity contribution is 5.90. The number of hydrogen-bond acceptors (Lipinski definition) is 2. The molecule has 28 heavy (non-hydrogen) atoms. The highest BCUT2D eigenvalue weighted by Gasteiger charge is 2.47. The van der Waals surface area contributed by atoms with E-state index in [0.717, 1.165) is 22.6 Å². The number of hydrogen-bond donors (Lipinski definition) is 1. The molecule has 0 spiro atoms. The summed E-state index contributed by atoms with van der Waals surface area (Å²) in [6.45, 7) is 4.01. The van der Waals surface area contributed by atoms with Crippen molar-refractivity contribution in [1.29, 1.82) is 0 Å². The van der Waals surface area contributed by atoms with Gasteiger partial charge in [-0.15, -0.1) is 0 Å². The fraction of sp³-hybridized carbons (Fsp3) is 0.400. The van der Waals surface area contributed by atoms with E-state index in [1.165, 1.54) is 0 Å². The van der Waals surface area contributed by atoms with E-state index >= 15 is 0 Å². The van der Waals surface area contributed by atoms with Gasteiger partial charge in [0.05, 0.1) is 0 Å². The molecule has 150 valence electrons. The molecular weight excluding hydrogens is 371 g/mol. The van der Waals surface area contributed by atoms with Crippen molar-refractivity contribution in [2.24, 2.45) is 0 Å². The number of halogens is 3. The van der Waals surface area contributed by atoms with Gasteiger partial charge in [-0.1, -0.05) is 18.2 Å². The summed E-state index contributed by atoms with van der Waals surface area (Å²) in [4.78, 5) is 24.6. The smallest absolute Gasteiger partial charge is 0.350 e. The maximum Gasteiger partial charge on any atom is 0.471 e. The van der Waals surface area contributed by atoms with Crippen molar-refractivity contribution in [1.82, 2.24) is 14.8 Å². The molecule has 1 N–H and O–H groups in total. The third-order valence-electron chi connectivity index (χ3n) is 5.06. The second kappa shape index (κ2) is 7.69. The van der Waals surface area contributed by atoms with Gasteiger partial charge in [-0.3, -0.25) is 9.59 Å². The van der Waals surface area contributed by atoms with Crippen molar-refractivity contribution in [3.63, 3.8) is 0 Å². The molecule has 1 aliphatic rings. The van der Waals surface area contributed by atoms with Gasteiger partial charge < -0.3 is 14.8 Å². The molecule has 1 saturated heterocycles. The molecule has 2 aromatic rings. The number of rotatable bonds is 4. The van der Waals surface area contributed by atoms with Gasteiger partial charge >= 0.3 is 12.1 Å². The van der Waals surface area contributed by atoms with Crippen molar-refractivity contribution in [2.75, 3.05) is 6.54 Å². The normalized spacial score (nSPS) is 17.0. The summed E-state index contributed by atoms with van der Waals surface area (Å²) in [6, 6.07) is 10.6. The van der Waals surface area contributed by atoms with Crippen LogP contribution in [0.15, 0.2) is 36.4 Å². The third kappa shape index (κ3) is 3.90. The highest BCUT2D eigenvalue weighted by Crippen LogP contribution is 2.26. The van der Waals surface area contributed by atoms with E-state index in [1.807, 2.05) is 50.2 Å². The first kappa shape index (κ1) is 20.0. The van der Waals surface area contributed by atoms with E-state index < -0.39 is 24.0 Å². The zero-order valence-electron chi connectivity index (χ0n) is 15.7. The summed E-state index contributed by atoms with van der Waals surface area (Å²) in [5, 5.41) is 2.70. The standard InChI is InChI=1S/C20H22F3N3O2/c1-13-11-15(14(2)26(13)16-7-4-3-5-8-16)12-24-18(27)17-9-6-10-25(17)19(28)20(21,22)23/h3-5,7-8,11,17H,6,9-10,12H2,1-2H3,(H,24,27). The molecule has 8 heteroatoms. The molecule has 0 bridgehead atoms. The van der Waals surface area contributed by atoms with Crippen LogP contribution in [0, 0.1) is 13.8 Å². The van der Waals surface area contributed by atoms with Gasteiger partial charge in [0.25, 0.3) is 0 Å². The Hall–Kier alpha value is -2.77. The number of aromatic nitrogens is 1. The topological polar surface area (TPSA) is 54.3 Å². The van der Waals surface area contributed by atoms with Crippen molar-refractivity contribution >= 4 is 11.8 Å². The Morgan fingerprint density at radius 1 is 1.18 bits per heavy atom. The Morgan fingerprint density at radius 2 is 1.86 bits per heavy atom. The lowest BCUT2D eigenvalue weighted by Crippen LogP contribution is -2.50. The monoisotopic (exact) mass is 393 g/mol. The summed E-state index contributed by atoms with van der Waals surface area (Å²) in [6.07, 6.45) is -4.36. The van der Waals surface area contributed by atoms with E-state index in [-0.39, 0.29) is 19.5 Å². The van der Waals surface area contributed by atoms with Crippen LogP contribution in [0.1, 0.15) is 29.8 Å². The Kier molecular flexibility index (Phi) is 5.49. The maximum absolute atomic E-state index is 12.7. The van der Waals surface area contributed by atoms with Crippen molar-refractivity contribution in [3.05, 3.63) is 53.3 Å². The predicted molar refractivity (Wildman–Crippen MR) is 97.9 cm³/mol. The zero-order chi connectivity index (χ0) is 20.5. The van der Waals surface area contributed by atoms with E-state index in [9.17, 15) is 22.8 Å². The van der Waals surface area contributed by atoms with Gasteiger partial charge in [-0.05, 0) is 50.5 Å². The Labute approximate surface area is 161 Å². The molecule has 2 heterocycles. The number of alkyl halides is 3. The Balaban J connectivity index is 1.71. The van der Waals surface area contributed by atoms with Crippen LogP contribution in [-0.2, 0) is 16.1 Å². The number of carbonyl (C=O) groups is 2. The molecule has 5 nitrogen and oxygen atoms in total. The summed E-state index contributed by atoms with van der Waals surface area (Å²) < 4.78 is 40.2. The fourth-order valence-corrected chi connectivity index (χ4v) is 3.73. The van der Waals surface area contributed by atoms with Gasteiger partial charge in [-0.2, -0.15) is 13.2 Å². The third-order valence-corrected chi connectivity index (χ3v) is 5.06. The lowest BCUT2D eigenvalue weighted by Gasteiger charge is -2.24. The first-order chi connectivity index (χ1) is 13.2. The van der Waals surface area contributed by atoms with E-state index in [1.54, 1.807) is 0 Å². The van der Waals surface area contributed by atoms with Gasteiger partial charge in [0.1, 0.15) is 6.04 Å². The van der Waals surface area contributed by atoms with Crippen LogP contribution >= 0.6 is 0 Å². The number of benzene rings is 1. The molecular formula is C20H22F3N3O2. The number of carbonyl (C=O) groups excluding carboxylic acids is 2. The number of para-hydroxylation sites is 1. The molecule has 1 atom stereocenters. The van der Waals surface area contributed by atoms with Crippen LogP contribution < -0.4 is 5.32 Å². The van der Waals surface area contributed by atoms with Crippen molar-refractivity contribution < 1.29 is 22.8 Å². The van der Waals surface area contributed by atoms with Crippen LogP contribution in [0.5, 0.6) is 0 Å². The number of aryl methyl sites for hydroxylation is 1. The molecule has 3 rings (SSSR count). The summed E-state index contributed by atoms with van der Waals surface area (Å²) in [5.41, 5.74) is 3.80. The maximum atomic E-state index is 12.7. The number of likely N-dealkylation sites (tertiary alicyclic amines) is 1. The quantitative estimate of drug-likeness (QED) is 0.867. The predicted octanol–water partition coefficient (Wildman–Crippen LogP) is 3.26. The largest absolute Gasteiger partial charge is 0.471 e. The first-order valence-electron chi connectivity index (χ1n) is 9.09. The van der Waals surface area contributed by atoms with Crippen LogP contribution in [-0.4, -0.2) is 40.0 Å². The second-order valence-corrected chi connectivity index (χ2v) is 6.94.